The highest BCUT2D eigenvalue weighted by Gasteiger charge is 2.25. The molecule has 37 heavy (non-hydrogen) atoms. The minimum atomic E-state index is -0.910. The van der Waals surface area contributed by atoms with Crippen LogP contribution in [0.5, 0.6) is 5.75 Å². The predicted octanol–water partition coefficient (Wildman–Crippen LogP) is 6.67. The fourth-order valence-corrected chi connectivity index (χ4v) is 5.09. The molecule has 0 atom stereocenters. The summed E-state index contributed by atoms with van der Waals surface area (Å²) in [4.78, 5) is 17.3. The van der Waals surface area contributed by atoms with Gasteiger partial charge in [-0.25, -0.2) is 14.5 Å². The second-order valence-corrected chi connectivity index (χ2v) is 9.10. The Labute approximate surface area is 214 Å². The molecule has 1 aliphatic carbocycles. The van der Waals surface area contributed by atoms with Crippen molar-refractivity contribution in [1.29, 1.82) is 0 Å². The van der Waals surface area contributed by atoms with Crippen LogP contribution in [-0.4, -0.2) is 33.0 Å². The van der Waals surface area contributed by atoms with Crippen LogP contribution in [0.15, 0.2) is 85.1 Å². The Morgan fingerprint density at radius 1 is 0.946 bits per heavy atom. The highest BCUT2D eigenvalue weighted by Crippen LogP contribution is 2.37. The molecule has 6 nitrogen and oxygen atoms in total. The molecule has 182 valence electrons. The summed E-state index contributed by atoms with van der Waals surface area (Å²) < 4.78 is 7.22. The van der Waals surface area contributed by atoms with Crippen LogP contribution in [-0.2, 0) is 6.42 Å². The summed E-state index contributed by atoms with van der Waals surface area (Å²) in [5.74, 6) is -0.128. The van der Waals surface area contributed by atoms with E-state index in [0.29, 0.717) is 22.9 Å². The normalized spacial score (nSPS) is 14.0. The summed E-state index contributed by atoms with van der Waals surface area (Å²) >= 11 is 0. The average molecular weight is 488 g/mol. The molecule has 0 aliphatic heterocycles. The van der Waals surface area contributed by atoms with E-state index in [0.717, 1.165) is 57.9 Å². The topological polar surface area (TPSA) is 77.2 Å². The van der Waals surface area contributed by atoms with Crippen LogP contribution in [0.1, 0.15) is 40.0 Å². The van der Waals surface area contributed by atoms with E-state index in [1.807, 2.05) is 89.7 Å². The van der Waals surface area contributed by atoms with Crippen LogP contribution in [0.3, 0.4) is 0 Å². The van der Waals surface area contributed by atoms with Gasteiger partial charge in [0.2, 0.25) is 0 Å². The number of carboxylic acid groups (broad SMARTS) is 1. The molecule has 0 spiro atoms. The molecule has 0 saturated carbocycles. The van der Waals surface area contributed by atoms with E-state index in [1.165, 1.54) is 0 Å². The Morgan fingerprint density at radius 2 is 1.70 bits per heavy atom. The number of nitrogens with zero attached hydrogens (tertiary/aromatic N) is 3. The van der Waals surface area contributed by atoms with Crippen molar-refractivity contribution in [2.75, 3.05) is 7.11 Å². The number of allylic oxidation sites excluding steroid dienone is 1. The number of carbonyl (C=O) groups is 1. The van der Waals surface area contributed by atoms with E-state index in [4.69, 9.17) is 14.8 Å². The van der Waals surface area contributed by atoms with Crippen LogP contribution >= 0.6 is 0 Å². The molecule has 0 saturated heterocycles. The fourth-order valence-electron chi connectivity index (χ4n) is 5.09. The maximum absolute atomic E-state index is 12.3. The third kappa shape index (κ3) is 4.16. The lowest BCUT2D eigenvalue weighted by atomic mass is 9.86. The van der Waals surface area contributed by atoms with Gasteiger partial charge in [0, 0.05) is 22.7 Å². The van der Waals surface area contributed by atoms with Crippen LogP contribution in [0, 0.1) is 0 Å². The number of carboxylic acids is 1. The van der Waals surface area contributed by atoms with E-state index < -0.39 is 5.97 Å². The van der Waals surface area contributed by atoms with Gasteiger partial charge in [0.25, 0.3) is 0 Å². The summed E-state index contributed by atoms with van der Waals surface area (Å²) in [7, 11) is 1.65. The van der Waals surface area contributed by atoms with Crippen LogP contribution in [0.4, 0.5) is 0 Å². The summed E-state index contributed by atoms with van der Waals surface area (Å²) in [6, 6.07) is 25.3. The Morgan fingerprint density at radius 3 is 2.46 bits per heavy atom. The molecule has 2 aromatic heterocycles. The van der Waals surface area contributed by atoms with Crippen LogP contribution in [0.25, 0.3) is 39.5 Å². The quantitative estimate of drug-likeness (QED) is 0.300. The monoisotopic (exact) mass is 487 g/mol. The second kappa shape index (κ2) is 9.39. The minimum absolute atomic E-state index is 0.363. The third-order valence-corrected chi connectivity index (χ3v) is 6.84. The van der Waals surface area contributed by atoms with Crippen molar-refractivity contribution >= 4 is 28.5 Å². The lowest BCUT2D eigenvalue weighted by Crippen LogP contribution is -2.13. The molecule has 6 rings (SSSR count). The molecular formula is C31H25N3O3. The van der Waals surface area contributed by atoms with Crippen LogP contribution in [0.2, 0.25) is 0 Å². The predicted molar refractivity (Wildman–Crippen MR) is 145 cm³/mol. The lowest BCUT2D eigenvalue weighted by molar-refractivity contribution is 0.0697. The van der Waals surface area contributed by atoms with Gasteiger partial charge >= 0.3 is 5.97 Å². The first-order chi connectivity index (χ1) is 18.1. The maximum atomic E-state index is 12.3. The molecule has 5 aromatic rings. The molecule has 1 aliphatic rings. The zero-order chi connectivity index (χ0) is 25.4. The Balaban J connectivity index is 1.54. The SMILES string of the molecule is COc1ccc(-c2nn(-c3ccccc3)cc2C=C2CCCc3c2nc2ccccc2c3C(=O)O)cc1. The summed E-state index contributed by atoms with van der Waals surface area (Å²) in [6.07, 6.45) is 6.52. The van der Waals surface area contributed by atoms with Crippen molar-refractivity contribution < 1.29 is 14.6 Å². The van der Waals surface area contributed by atoms with Gasteiger partial charge in [-0.2, -0.15) is 5.10 Å². The summed E-state index contributed by atoms with van der Waals surface area (Å²) in [6.45, 7) is 0. The number of hydrogen-bond donors (Lipinski definition) is 1. The highest BCUT2D eigenvalue weighted by molar-refractivity contribution is 6.06. The molecule has 2 heterocycles. The fraction of sp³-hybridized carbons (Fsp3) is 0.129. The van der Waals surface area contributed by atoms with E-state index >= 15 is 0 Å². The standard InChI is InChI=1S/C31H25N3O3/c1-37-24-16-14-20(15-17-24)29-22(19-34(33-29)23-9-3-2-4-10-23)18-21-8-7-12-26-28(31(35)36)25-11-5-6-13-27(25)32-30(21)26/h2-6,9-11,13-19H,7-8,12H2,1H3,(H,35,36). The first-order valence-corrected chi connectivity index (χ1v) is 12.3. The van der Waals surface area contributed by atoms with Crippen molar-refractivity contribution in [3.05, 3.63) is 107 Å². The van der Waals surface area contributed by atoms with Gasteiger partial charge in [0.05, 0.1) is 35.3 Å². The smallest absolute Gasteiger partial charge is 0.336 e. The van der Waals surface area contributed by atoms with Crippen LogP contribution < -0.4 is 4.74 Å². The average Bonchev–Trinajstić information content (AvgIpc) is 3.36. The number of aromatic carboxylic acids is 1. The molecule has 0 amide bonds. The van der Waals surface area contributed by atoms with Crippen molar-refractivity contribution in [3.8, 4) is 22.7 Å². The first kappa shape index (κ1) is 22.7. The summed E-state index contributed by atoms with van der Waals surface area (Å²) in [5, 5.41) is 15.7. The van der Waals surface area contributed by atoms with E-state index in [2.05, 4.69) is 6.08 Å². The van der Waals surface area contributed by atoms with Gasteiger partial charge in [-0.15, -0.1) is 0 Å². The molecule has 0 unspecified atom stereocenters. The summed E-state index contributed by atoms with van der Waals surface area (Å²) in [5.41, 5.74) is 7.38. The number of para-hydroxylation sites is 2. The molecule has 3 aromatic carbocycles. The van der Waals surface area contributed by atoms with Crippen molar-refractivity contribution in [3.63, 3.8) is 0 Å². The molecular weight excluding hydrogens is 462 g/mol. The van der Waals surface area contributed by atoms with Gasteiger partial charge in [-0.1, -0.05) is 36.4 Å². The molecule has 0 fully saturated rings. The molecule has 6 heteroatoms. The van der Waals surface area contributed by atoms with Crippen molar-refractivity contribution in [2.45, 2.75) is 19.3 Å². The third-order valence-electron chi connectivity index (χ3n) is 6.84. The van der Waals surface area contributed by atoms with Crippen molar-refractivity contribution in [2.24, 2.45) is 0 Å². The van der Waals surface area contributed by atoms with Gasteiger partial charge < -0.3 is 9.84 Å². The van der Waals surface area contributed by atoms with Gasteiger partial charge in [0.15, 0.2) is 0 Å². The Kier molecular flexibility index (Phi) is 5.77. The van der Waals surface area contributed by atoms with Gasteiger partial charge in [0.1, 0.15) is 5.75 Å². The highest BCUT2D eigenvalue weighted by atomic mass is 16.5. The minimum Gasteiger partial charge on any atom is -0.497 e. The number of hydrogen-bond acceptors (Lipinski definition) is 4. The van der Waals surface area contributed by atoms with E-state index in [-0.39, 0.29) is 0 Å². The second-order valence-electron chi connectivity index (χ2n) is 9.10. The number of fused-ring (bicyclic) bond motifs is 2. The molecule has 0 bridgehead atoms. The number of benzene rings is 3. The van der Waals surface area contributed by atoms with Gasteiger partial charge in [-0.05, 0) is 78.9 Å². The Hall–Kier alpha value is -4.71. The number of methoxy groups -OCH3 is 1. The molecule has 0 radical (unpaired) electrons. The van der Waals surface area contributed by atoms with E-state index in [1.54, 1.807) is 7.11 Å². The van der Waals surface area contributed by atoms with Crippen molar-refractivity contribution in [1.82, 2.24) is 14.8 Å². The maximum Gasteiger partial charge on any atom is 0.336 e. The van der Waals surface area contributed by atoms with E-state index in [9.17, 15) is 9.90 Å². The molecule has 1 N–H and O–H groups in total. The largest absolute Gasteiger partial charge is 0.497 e. The lowest BCUT2D eigenvalue weighted by Gasteiger charge is -2.21. The number of ether oxygens (including phenoxy) is 1. The zero-order valence-corrected chi connectivity index (χ0v) is 20.4. The number of pyridine rings is 1. The number of aromatic nitrogens is 3. The zero-order valence-electron chi connectivity index (χ0n) is 20.4. The first-order valence-electron chi connectivity index (χ1n) is 12.3. The van der Waals surface area contributed by atoms with Gasteiger partial charge in [-0.3, -0.25) is 0 Å². The Bertz CT molecular complexity index is 1650. The number of rotatable bonds is 5.